The fourth-order valence-corrected chi connectivity index (χ4v) is 3.52. The maximum atomic E-state index is 12.7. The second kappa shape index (κ2) is 10.2. The number of carbonyl (C=O) groups is 1. The highest BCUT2D eigenvalue weighted by atomic mass is 16.5. The van der Waals surface area contributed by atoms with Gasteiger partial charge in [0.1, 0.15) is 0 Å². The molecule has 1 saturated heterocycles. The van der Waals surface area contributed by atoms with Crippen molar-refractivity contribution in [2.45, 2.75) is 38.8 Å². The number of carbonyl (C=O) groups excluding carboxylic acids is 1. The molecule has 1 aliphatic rings. The minimum Gasteiger partial charge on any atom is -0.379 e. The third-order valence-electron chi connectivity index (χ3n) is 5.10. The lowest BCUT2D eigenvalue weighted by Gasteiger charge is -2.26. The lowest BCUT2D eigenvalue weighted by atomic mass is 9.93. The third-order valence-corrected chi connectivity index (χ3v) is 5.10. The van der Waals surface area contributed by atoms with Gasteiger partial charge in [0.15, 0.2) is 0 Å². The Hall–Kier alpha value is -2.17. The summed E-state index contributed by atoms with van der Waals surface area (Å²) in [5, 5.41) is 3.12. The number of benzene rings is 2. The van der Waals surface area contributed by atoms with E-state index in [4.69, 9.17) is 4.74 Å². The Morgan fingerprint density at radius 2 is 1.70 bits per heavy atom. The van der Waals surface area contributed by atoms with Crippen LogP contribution in [0.25, 0.3) is 0 Å². The average Bonchev–Trinajstić information content (AvgIpc) is 2.73. The van der Waals surface area contributed by atoms with Crippen LogP contribution in [-0.4, -0.2) is 37.1 Å². The summed E-state index contributed by atoms with van der Waals surface area (Å²) in [7, 11) is 0. The van der Waals surface area contributed by atoms with Crippen molar-refractivity contribution < 1.29 is 9.53 Å². The van der Waals surface area contributed by atoms with Gasteiger partial charge in [0, 0.05) is 26.2 Å². The van der Waals surface area contributed by atoms with Crippen LogP contribution in [0.2, 0.25) is 0 Å². The van der Waals surface area contributed by atoms with Crippen LogP contribution in [0.5, 0.6) is 0 Å². The molecule has 144 valence electrons. The van der Waals surface area contributed by atoms with Crippen LogP contribution in [0, 0.1) is 0 Å². The molecule has 0 aliphatic carbocycles. The Morgan fingerprint density at radius 3 is 2.37 bits per heavy atom. The predicted molar refractivity (Wildman–Crippen MR) is 108 cm³/mol. The number of hydrogen-bond acceptors (Lipinski definition) is 3. The second-order valence-electron chi connectivity index (χ2n) is 7.17. The maximum absolute atomic E-state index is 12.7. The molecular weight excluding hydrogens is 336 g/mol. The SMILES string of the molecule is CCCC(C(=O)NCc1ccc(CN2CCOCC2)cc1)c1ccccc1. The van der Waals surface area contributed by atoms with E-state index in [0.29, 0.717) is 6.54 Å². The zero-order valence-electron chi connectivity index (χ0n) is 16.2. The first-order chi connectivity index (χ1) is 13.3. The largest absolute Gasteiger partial charge is 0.379 e. The number of amides is 1. The van der Waals surface area contributed by atoms with Crippen molar-refractivity contribution in [2.75, 3.05) is 26.3 Å². The molecule has 27 heavy (non-hydrogen) atoms. The quantitative estimate of drug-likeness (QED) is 0.774. The van der Waals surface area contributed by atoms with E-state index in [9.17, 15) is 4.79 Å². The van der Waals surface area contributed by atoms with E-state index in [1.807, 2.05) is 30.3 Å². The van der Waals surface area contributed by atoms with E-state index < -0.39 is 0 Å². The van der Waals surface area contributed by atoms with Crippen LogP contribution in [0.4, 0.5) is 0 Å². The number of ether oxygens (including phenoxy) is 1. The van der Waals surface area contributed by atoms with Gasteiger partial charge in [-0.2, -0.15) is 0 Å². The molecule has 3 rings (SSSR count). The minimum atomic E-state index is -0.0724. The Balaban J connectivity index is 1.53. The molecule has 2 aromatic carbocycles. The van der Waals surface area contributed by atoms with Crippen LogP contribution in [0.1, 0.15) is 42.4 Å². The van der Waals surface area contributed by atoms with Gasteiger partial charge in [0.2, 0.25) is 5.91 Å². The summed E-state index contributed by atoms with van der Waals surface area (Å²) in [6.45, 7) is 7.30. The molecule has 0 bridgehead atoms. The van der Waals surface area contributed by atoms with Gasteiger partial charge in [0.25, 0.3) is 0 Å². The number of nitrogens with one attached hydrogen (secondary N) is 1. The molecule has 4 nitrogen and oxygen atoms in total. The second-order valence-corrected chi connectivity index (χ2v) is 7.17. The predicted octanol–water partition coefficient (Wildman–Crippen LogP) is 3.72. The smallest absolute Gasteiger partial charge is 0.227 e. The van der Waals surface area contributed by atoms with Gasteiger partial charge in [-0.05, 0) is 23.1 Å². The van der Waals surface area contributed by atoms with Gasteiger partial charge in [0.05, 0.1) is 19.1 Å². The molecule has 1 amide bonds. The summed E-state index contributed by atoms with van der Waals surface area (Å²) < 4.78 is 5.40. The fourth-order valence-electron chi connectivity index (χ4n) is 3.52. The van der Waals surface area contributed by atoms with E-state index in [2.05, 4.69) is 41.4 Å². The number of nitrogens with zero attached hydrogens (tertiary/aromatic N) is 1. The van der Waals surface area contributed by atoms with Crippen molar-refractivity contribution in [2.24, 2.45) is 0 Å². The molecule has 1 fully saturated rings. The average molecular weight is 367 g/mol. The van der Waals surface area contributed by atoms with Gasteiger partial charge in [-0.1, -0.05) is 67.9 Å². The zero-order valence-corrected chi connectivity index (χ0v) is 16.2. The monoisotopic (exact) mass is 366 g/mol. The van der Waals surface area contributed by atoms with Gasteiger partial charge >= 0.3 is 0 Å². The highest BCUT2D eigenvalue weighted by Gasteiger charge is 2.19. The first-order valence-corrected chi connectivity index (χ1v) is 9.97. The first-order valence-electron chi connectivity index (χ1n) is 9.97. The molecule has 0 saturated carbocycles. The molecular formula is C23H30N2O2. The van der Waals surface area contributed by atoms with Gasteiger partial charge in [-0.3, -0.25) is 9.69 Å². The highest BCUT2D eigenvalue weighted by molar-refractivity contribution is 5.83. The number of hydrogen-bond donors (Lipinski definition) is 1. The van der Waals surface area contributed by atoms with E-state index in [1.54, 1.807) is 0 Å². The topological polar surface area (TPSA) is 41.6 Å². The molecule has 4 heteroatoms. The van der Waals surface area contributed by atoms with E-state index >= 15 is 0 Å². The molecule has 1 heterocycles. The Bertz CT molecular complexity index is 694. The van der Waals surface area contributed by atoms with Crippen LogP contribution >= 0.6 is 0 Å². The lowest BCUT2D eigenvalue weighted by Crippen LogP contribution is -2.35. The van der Waals surface area contributed by atoms with Crippen LogP contribution < -0.4 is 5.32 Å². The van der Waals surface area contributed by atoms with Crippen LogP contribution in [-0.2, 0) is 22.6 Å². The summed E-state index contributed by atoms with van der Waals surface area (Å²) in [5.74, 6) is 0.0391. The third kappa shape index (κ3) is 5.91. The van der Waals surface area contributed by atoms with Gasteiger partial charge < -0.3 is 10.1 Å². The van der Waals surface area contributed by atoms with E-state index in [-0.39, 0.29) is 11.8 Å². The minimum absolute atomic E-state index is 0.0724. The summed E-state index contributed by atoms with van der Waals surface area (Å²) in [6, 6.07) is 18.6. The highest BCUT2D eigenvalue weighted by Crippen LogP contribution is 2.21. The summed E-state index contributed by atoms with van der Waals surface area (Å²) >= 11 is 0. The van der Waals surface area contributed by atoms with E-state index in [1.165, 1.54) is 5.56 Å². The Labute approximate surface area is 162 Å². The van der Waals surface area contributed by atoms with Crippen molar-refractivity contribution in [3.8, 4) is 0 Å². The molecule has 0 radical (unpaired) electrons. The maximum Gasteiger partial charge on any atom is 0.227 e. The number of rotatable bonds is 8. The summed E-state index contributed by atoms with van der Waals surface area (Å²) in [5.41, 5.74) is 3.54. The zero-order chi connectivity index (χ0) is 18.9. The first kappa shape index (κ1) is 19.6. The molecule has 1 unspecified atom stereocenters. The normalized spacial score (nSPS) is 16.0. The molecule has 1 aliphatic heterocycles. The number of morpholine rings is 1. The van der Waals surface area contributed by atoms with Crippen LogP contribution in [0.3, 0.4) is 0 Å². The molecule has 1 N–H and O–H groups in total. The Kier molecular flexibility index (Phi) is 7.43. The van der Waals surface area contributed by atoms with Crippen molar-refractivity contribution >= 4 is 5.91 Å². The summed E-state index contributed by atoms with van der Waals surface area (Å²) in [6.07, 6.45) is 1.86. The lowest BCUT2D eigenvalue weighted by molar-refractivity contribution is -0.122. The molecule has 0 spiro atoms. The van der Waals surface area contributed by atoms with Crippen molar-refractivity contribution in [3.05, 3.63) is 71.3 Å². The summed E-state index contributed by atoms with van der Waals surface area (Å²) in [4.78, 5) is 15.1. The van der Waals surface area contributed by atoms with E-state index in [0.717, 1.165) is 56.8 Å². The van der Waals surface area contributed by atoms with Gasteiger partial charge in [-0.25, -0.2) is 0 Å². The standard InChI is InChI=1S/C23H30N2O2/c1-2-6-22(21-7-4-3-5-8-21)23(26)24-17-19-9-11-20(12-10-19)18-25-13-15-27-16-14-25/h3-5,7-12,22H,2,6,13-18H2,1H3,(H,24,26). The molecule has 1 atom stereocenters. The van der Waals surface area contributed by atoms with Crippen molar-refractivity contribution in [1.29, 1.82) is 0 Å². The van der Waals surface area contributed by atoms with Crippen molar-refractivity contribution in [1.82, 2.24) is 10.2 Å². The Morgan fingerprint density at radius 1 is 1.04 bits per heavy atom. The van der Waals surface area contributed by atoms with Gasteiger partial charge in [-0.15, -0.1) is 0 Å². The molecule has 0 aromatic heterocycles. The van der Waals surface area contributed by atoms with Crippen molar-refractivity contribution in [3.63, 3.8) is 0 Å². The molecule has 2 aromatic rings. The fraction of sp³-hybridized carbons (Fsp3) is 0.435. The van der Waals surface area contributed by atoms with Crippen LogP contribution in [0.15, 0.2) is 54.6 Å².